The van der Waals surface area contributed by atoms with Crippen LogP contribution in [0.25, 0.3) is 11.1 Å². The van der Waals surface area contributed by atoms with Crippen molar-refractivity contribution in [1.82, 2.24) is 20.4 Å². The Morgan fingerprint density at radius 2 is 2.43 bits per heavy atom. The predicted molar refractivity (Wildman–Crippen MR) is 85.2 cm³/mol. The number of amides is 1. The Morgan fingerprint density at radius 3 is 3.17 bits per heavy atom. The third kappa shape index (κ3) is 3.68. The number of hydrogen-bond acceptors (Lipinski definition) is 6. The Labute approximate surface area is 134 Å². The van der Waals surface area contributed by atoms with E-state index in [1.807, 2.05) is 6.92 Å². The van der Waals surface area contributed by atoms with Crippen LogP contribution in [0.2, 0.25) is 0 Å². The average Bonchev–Trinajstić information content (AvgIpc) is 3.16. The van der Waals surface area contributed by atoms with Crippen molar-refractivity contribution in [3.63, 3.8) is 0 Å². The van der Waals surface area contributed by atoms with Crippen LogP contribution in [0.15, 0.2) is 16.8 Å². The largest absolute Gasteiger partial charge is 0.392 e. The molecule has 3 heterocycles. The van der Waals surface area contributed by atoms with Crippen molar-refractivity contribution in [2.45, 2.75) is 32.3 Å². The lowest BCUT2D eigenvalue weighted by Gasteiger charge is -2.14. The second-order valence-corrected chi connectivity index (χ2v) is 5.91. The minimum atomic E-state index is -0.196. The van der Waals surface area contributed by atoms with Crippen molar-refractivity contribution < 1.29 is 14.4 Å². The fourth-order valence-electron chi connectivity index (χ4n) is 2.88. The van der Waals surface area contributed by atoms with Crippen LogP contribution in [0.5, 0.6) is 0 Å². The predicted octanol–water partition coefficient (Wildman–Crippen LogP) is 0.972. The summed E-state index contributed by atoms with van der Waals surface area (Å²) in [6.45, 7) is 5.15. The minimum absolute atomic E-state index is 0.135. The van der Waals surface area contributed by atoms with Crippen LogP contribution in [-0.4, -0.2) is 58.3 Å². The molecule has 0 aliphatic carbocycles. The maximum absolute atomic E-state index is 12.2. The number of aryl methyl sites for hydroxylation is 1. The van der Waals surface area contributed by atoms with Gasteiger partial charge in [0.15, 0.2) is 0 Å². The molecule has 0 radical (unpaired) electrons. The maximum atomic E-state index is 12.2. The van der Waals surface area contributed by atoms with Gasteiger partial charge < -0.3 is 19.8 Å². The van der Waals surface area contributed by atoms with E-state index in [2.05, 4.69) is 20.4 Å². The van der Waals surface area contributed by atoms with Gasteiger partial charge in [0.1, 0.15) is 0 Å². The first kappa shape index (κ1) is 15.9. The quantitative estimate of drug-likeness (QED) is 0.771. The highest BCUT2D eigenvalue weighted by molar-refractivity contribution is 5.96. The van der Waals surface area contributed by atoms with Crippen LogP contribution < -0.4 is 5.32 Å². The third-order valence-corrected chi connectivity index (χ3v) is 4.19. The molecule has 7 heteroatoms. The molecule has 7 nitrogen and oxygen atoms in total. The zero-order chi connectivity index (χ0) is 16.2. The molecule has 0 bridgehead atoms. The molecule has 2 aromatic rings. The molecule has 1 aliphatic heterocycles. The van der Waals surface area contributed by atoms with Gasteiger partial charge in [-0.3, -0.25) is 4.79 Å². The van der Waals surface area contributed by atoms with Gasteiger partial charge in [0, 0.05) is 25.8 Å². The number of hydrogen-bond donors (Lipinski definition) is 2. The molecule has 0 unspecified atom stereocenters. The summed E-state index contributed by atoms with van der Waals surface area (Å²) in [5, 5.41) is 17.1. The first-order valence-electron chi connectivity index (χ1n) is 8.10. The summed E-state index contributed by atoms with van der Waals surface area (Å²) in [7, 11) is 0. The van der Waals surface area contributed by atoms with Crippen molar-refractivity contribution in [1.29, 1.82) is 0 Å². The van der Waals surface area contributed by atoms with Crippen molar-refractivity contribution in [2.24, 2.45) is 0 Å². The standard InChI is InChI=1S/C16H22N4O3/c1-2-14-13-8-11(9-18-16(13)23-19-14)15(22)17-5-3-6-20-7-4-12(21)10-20/h8-9,12,21H,2-7,10H2,1H3,(H,17,22)/t12-/m1/s1. The number of aliphatic hydroxyl groups is 1. The molecule has 1 aliphatic rings. The van der Waals surface area contributed by atoms with E-state index in [1.54, 1.807) is 6.07 Å². The van der Waals surface area contributed by atoms with E-state index >= 15 is 0 Å². The summed E-state index contributed by atoms with van der Waals surface area (Å²) in [5.41, 5.74) is 1.80. The minimum Gasteiger partial charge on any atom is -0.392 e. The molecule has 1 saturated heterocycles. The first-order valence-corrected chi connectivity index (χ1v) is 8.10. The van der Waals surface area contributed by atoms with Gasteiger partial charge in [-0.1, -0.05) is 12.1 Å². The van der Waals surface area contributed by atoms with E-state index in [9.17, 15) is 9.90 Å². The number of carbonyl (C=O) groups excluding carboxylic acids is 1. The van der Waals surface area contributed by atoms with E-state index in [-0.39, 0.29) is 12.0 Å². The van der Waals surface area contributed by atoms with Crippen LogP contribution in [0, 0.1) is 0 Å². The lowest BCUT2D eigenvalue weighted by Crippen LogP contribution is -2.29. The highest BCUT2D eigenvalue weighted by Gasteiger charge is 2.19. The van der Waals surface area contributed by atoms with Crippen LogP contribution in [0.4, 0.5) is 0 Å². The zero-order valence-corrected chi connectivity index (χ0v) is 13.3. The SMILES string of the molecule is CCc1noc2ncc(C(=O)NCCCN3CC[C@@H](O)C3)cc12. The van der Waals surface area contributed by atoms with E-state index in [4.69, 9.17) is 4.52 Å². The Kier molecular flexibility index (Phi) is 4.88. The second kappa shape index (κ2) is 7.06. The Balaban J connectivity index is 1.51. The van der Waals surface area contributed by atoms with Gasteiger partial charge in [-0.15, -0.1) is 0 Å². The number of rotatable bonds is 6. The number of likely N-dealkylation sites (tertiary alicyclic amines) is 1. The molecule has 1 amide bonds. The smallest absolute Gasteiger partial charge is 0.257 e. The van der Waals surface area contributed by atoms with Gasteiger partial charge >= 0.3 is 0 Å². The van der Waals surface area contributed by atoms with Crippen molar-refractivity contribution in [2.75, 3.05) is 26.2 Å². The maximum Gasteiger partial charge on any atom is 0.257 e. The Bertz CT molecular complexity index is 685. The van der Waals surface area contributed by atoms with Gasteiger partial charge in [0.05, 0.1) is 22.7 Å². The van der Waals surface area contributed by atoms with Gasteiger partial charge in [-0.25, -0.2) is 4.98 Å². The number of aliphatic hydroxyl groups excluding tert-OH is 1. The van der Waals surface area contributed by atoms with Gasteiger partial charge in [0.2, 0.25) is 0 Å². The monoisotopic (exact) mass is 318 g/mol. The number of carbonyl (C=O) groups is 1. The molecule has 2 N–H and O–H groups in total. The molecule has 1 atom stereocenters. The zero-order valence-electron chi connectivity index (χ0n) is 13.3. The molecule has 0 aromatic carbocycles. The summed E-state index contributed by atoms with van der Waals surface area (Å²) in [4.78, 5) is 18.6. The number of nitrogens with one attached hydrogen (secondary N) is 1. The lowest BCUT2D eigenvalue weighted by molar-refractivity contribution is 0.0951. The summed E-state index contributed by atoms with van der Waals surface area (Å²) in [5.74, 6) is -0.135. The van der Waals surface area contributed by atoms with Gasteiger partial charge in [0.25, 0.3) is 11.6 Å². The summed E-state index contributed by atoms with van der Waals surface area (Å²) < 4.78 is 5.12. The van der Waals surface area contributed by atoms with Crippen LogP contribution in [0.1, 0.15) is 35.8 Å². The van der Waals surface area contributed by atoms with Crippen LogP contribution in [-0.2, 0) is 6.42 Å². The van der Waals surface area contributed by atoms with E-state index in [0.717, 1.165) is 50.0 Å². The Hall–Kier alpha value is -1.99. The number of β-amino-alcohol motifs (C(OH)–C–C–N with tert-alkyl or cyclic N) is 1. The lowest BCUT2D eigenvalue weighted by atomic mass is 10.1. The average molecular weight is 318 g/mol. The topological polar surface area (TPSA) is 91.5 Å². The number of aromatic nitrogens is 2. The summed E-state index contributed by atoms with van der Waals surface area (Å²) in [6, 6.07) is 1.78. The van der Waals surface area contributed by atoms with E-state index < -0.39 is 0 Å². The third-order valence-electron chi connectivity index (χ3n) is 4.19. The molecule has 0 spiro atoms. The van der Waals surface area contributed by atoms with E-state index in [1.165, 1.54) is 6.20 Å². The molecule has 0 saturated carbocycles. The Morgan fingerprint density at radius 1 is 1.57 bits per heavy atom. The van der Waals surface area contributed by atoms with Gasteiger partial charge in [-0.2, -0.15) is 0 Å². The van der Waals surface area contributed by atoms with Crippen LogP contribution >= 0.6 is 0 Å². The normalized spacial score (nSPS) is 18.6. The molecule has 23 heavy (non-hydrogen) atoms. The molecule has 124 valence electrons. The number of nitrogens with zero attached hydrogens (tertiary/aromatic N) is 3. The van der Waals surface area contributed by atoms with E-state index in [0.29, 0.717) is 17.8 Å². The molecule has 2 aromatic heterocycles. The van der Waals surface area contributed by atoms with Crippen molar-refractivity contribution in [3.8, 4) is 0 Å². The highest BCUT2D eigenvalue weighted by Crippen LogP contribution is 2.18. The fourth-order valence-corrected chi connectivity index (χ4v) is 2.88. The number of pyridine rings is 1. The highest BCUT2D eigenvalue weighted by atomic mass is 16.5. The molecule has 3 rings (SSSR count). The fraction of sp³-hybridized carbons (Fsp3) is 0.562. The molecular weight excluding hydrogens is 296 g/mol. The van der Waals surface area contributed by atoms with Gasteiger partial charge in [-0.05, 0) is 31.9 Å². The molecular formula is C16H22N4O3. The number of fused-ring (bicyclic) bond motifs is 1. The van der Waals surface area contributed by atoms with Crippen molar-refractivity contribution >= 4 is 17.0 Å². The first-order chi connectivity index (χ1) is 11.2. The summed E-state index contributed by atoms with van der Waals surface area (Å²) >= 11 is 0. The van der Waals surface area contributed by atoms with Crippen molar-refractivity contribution in [3.05, 3.63) is 23.5 Å². The van der Waals surface area contributed by atoms with Crippen LogP contribution in [0.3, 0.4) is 0 Å². The molecule has 1 fully saturated rings. The second-order valence-electron chi connectivity index (χ2n) is 5.91. The summed E-state index contributed by atoms with van der Waals surface area (Å²) in [6.07, 6.45) is 3.76.